The van der Waals surface area contributed by atoms with E-state index in [1.54, 1.807) is 12.3 Å². The van der Waals surface area contributed by atoms with E-state index < -0.39 is 11.7 Å². The van der Waals surface area contributed by atoms with E-state index in [-0.39, 0.29) is 0 Å². The second-order valence-electron chi connectivity index (χ2n) is 4.00. The van der Waals surface area contributed by atoms with Crippen molar-refractivity contribution in [3.05, 3.63) is 47.7 Å². The summed E-state index contributed by atoms with van der Waals surface area (Å²) < 4.78 is 37.2. The molecule has 0 saturated carbocycles. The van der Waals surface area contributed by atoms with E-state index in [0.29, 0.717) is 16.9 Å². The third kappa shape index (κ3) is 2.45. The molecule has 0 atom stereocenters. The quantitative estimate of drug-likeness (QED) is 0.841. The molecular weight excluding hydrogens is 241 g/mol. The summed E-state index contributed by atoms with van der Waals surface area (Å²) in [4.78, 5) is 4.14. The van der Waals surface area contributed by atoms with Gasteiger partial charge in [-0.15, -0.1) is 0 Å². The third-order valence-electron chi connectivity index (χ3n) is 2.65. The van der Waals surface area contributed by atoms with Crippen molar-refractivity contribution < 1.29 is 13.2 Å². The van der Waals surface area contributed by atoms with Gasteiger partial charge in [-0.3, -0.25) is 4.98 Å². The standard InChI is InChI=1S/C13H11F3N2/c1-8-7-18-12(6-11(8)17)9-2-4-10(5-3-9)13(14,15)16/h2-7H,1H3,(H2,17,18). The Morgan fingerprint density at radius 2 is 1.72 bits per heavy atom. The van der Waals surface area contributed by atoms with Crippen LogP contribution in [0.2, 0.25) is 0 Å². The molecule has 0 fully saturated rings. The van der Waals surface area contributed by atoms with Crippen LogP contribution in [-0.2, 0) is 6.18 Å². The van der Waals surface area contributed by atoms with Crippen LogP contribution in [0.25, 0.3) is 11.3 Å². The van der Waals surface area contributed by atoms with Crippen molar-refractivity contribution in [1.29, 1.82) is 0 Å². The molecule has 1 heterocycles. The van der Waals surface area contributed by atoms with Gasteiger partial charge in [0.2, 0.25) is 0 Å². The fourth-order valence-electron chi connectivity index (χ4n) is 1.53. The molecule has 2 N–H and O–H groups in total. The molecule has 0 bridgehead atoms. The number of rotatable bonds is 1. The van der Waals surface area contributed by atoms with Crippen molar-refractivity contribution in [2.24, 2.45) is 0 Å². The highest BCUT2D eigenvalue weighted by Gasteiger charge is 2.29. The van der Waals surface area contributed by atoms with Crippen LogP contribution in [0.5, 0.6) is 0 Å². The normalized spacial score (nSPS) is 11.6. The number of aryl methyl sites for hydroxylation is 1. The van der Waals surface area contributed by atoms with E-state index in [9.17, 15) is 13.2 Å². The third-order valence-corrected chi connectivity index (χ3v) is 2.65. The predicted molar refractivity (Wildman–Crippen MR) is 63.8 cm³/mol. The number of hydrogen-bond donors (Lipinski definition) is 1. The zero-order valence-corrected chi connectivity index (χ0v) is 9.62. The molecule has 0 aliphatic rings. The molecule has 0 spiro atoms. The van der Waals surface area contributed by atoms with E-state index >= 15 is 0 Å². The summed E-state index contributed by atoms with van der Waals surface area (Å²) in [5.41, 5.74) is 7.64. The Labute approximate surface area is 102 Å². The lowest BCUT2D eigenvalue weighted by molar-refractivity contribution is -0.137. The Hall–Kier alpha value is -2.04. The number of hydrogen-bond acceptors (Lipinski definition) is 2. The number of halogens is 3. The summed E-state index contributed by atoms with van der Waals surface area (Å²) in [6.07, 6.45) is -2.72. The second kappa shape index (κ2) is 4.33. The summed E-state index contributed by atoms with van der Waals surface area (Å²) >= 11 is 0. The largest absolute Gasteiger partial charge is 0.416 e. The Balaban J connectivity index is 2.37. The lowest BCUT2D eigenvalue weighted by Gasteiger charge is -2.08. The van der Waals surface area contributed by atoms with Crippen LogP contribution >= 0.6 is 0 Å². The van der Waals surface area contributed by atoms with Crippen LogP contribution in [0.4, 0.5) is 18.9 Å². The van der Waals surface area contributed by atoms with Gasteiger partial charge >= 0.3 is 6.18 Å². The molecule has 0 radical (unpaired) electrons. The molecular formula is C13H11F3N2. The highest BCUT2D eigenvalue weighted by Crippen LogP contribution is 2.30. The van der Waals surface area contributed by atoms with Gasteiger partial charge in [-0.05, 0) is 30.7 Å². The molecule has 2 nitrogen and oxygen atoms in total. The van der Waals surface area contributed by atoms with E-state index in [1.165, 1.54) is 12.1 Å². The highest BCUT2D eigenvalue weighted by molar-refractivity contribution is 5.64. The molecule has 5 heteroatoms. The Kier molecular flexibility index (Phi) is 2.98. The lowest BCUT2D eigenvalue weighted by Crippen LogP contribution is -2.04. The predicted octanol–water partition coefficient (Wildman–Crippen LogP) is 3.66. The minimum absolute atomic E-state index is 0.562. The molecule has 2 rings (SSSR count). The summed E-state index contributed by atoms with van der Waals surface area (Å²) in [7, 11) is 0. The van der Waals surface area contributed by atoms with Crippen molar-refractivity contribution in [3.63, 3.8) is 0 Å². The minimum atomic E-state index is -4.32. The van der Waals surface area contributed by atoms with Crippen LogP contribution in [0, 0.1) is 6.92 Å². The van der Waals surface area contributed by atoms with Gasteiger partial charge in [0.25, 0.3) is 0 Å². The van der Waals surface area contributed by atoms with Crippen LogP contribution in [0.15, 0.2) is 36.5 Å². The molecule has 1 aromatic heterocycles. The summed E-state index contributed by atoms with van der Waals surface area (Å²) in [6, 6.07) is 6.50. The second-order valence-corrected chi connectivity index (χ2v) is 4.00. The molecule has 0 aliphatic carbocycles. The van der Waals surface area contributed by atoms with Gasteiger partial charge in [-0.2, -0.15) is 13.2 Å². The first kappa shape index (κ1) is 12.4. The first-order valence-electron chi connectivity index (χ1n) is 5.27. The van der Waals surface area contributed by atoms with Crippen LogP contribution in [0.3, 0.4) is 0 Å². The molecule has 18 heavy (non-hydrogen) atoms. The van der Waals surface area contributed by atoms with Gasteiger partial charge in [0.15, 0.2) is 0 Å². The van der Waals surface area contributed by atoms with Crippen LogP contribution in [0.1, 0.15) is 11.1 Å². The molecule has 0 saturated heterocycles. The summed E-state index contributed by atoms with van der Waals surface area (Å²) in [5.74, 6) is 0. The average molecular weight is 252 g/mol. The van der Waals surface area contributed by atoms with Crippen molar-refractivity contribution in [2.75, 3.05) is 5.73 Å². The smallest absolute Gasteiger partial charge is 0.398 e. The first-order chi connectivity index (χ1) is 8.38. The van der Waals surface area contributed by atoms with Crippen molar-refractivity contribution >= 4 is 5.69 Å². The molecule has 1 aromatic carbocycles. The van der Waals surface area contributed by atoms with E-state index in [0.717, 1.165) is 17.7 Å². The SMILES string of the molecule is Cc1cnc(-c2ccc(C(F)(F)F)cc2)cc1N. The molecule has 2 aromatic rings. The Morgan fingerprint density at radius 1 is 1.11 bits per heavy atom. The van der Waals surface area contributed by atoms with E-state index in [2.05, 4.69) is 4.98 Å². The minimum Gasteiger partial charge on any atom is -0.398 e. The van der Waals surface area contributed by atoms with Gasteiger partial charge in [0.1, 0.15) is 0 Å². The number of anilines is 1. The van der Waals surface area contributed by atoms with Crippen LogP contribution < -0.4 is 5.73 Å². The average Bonchev–Trinajstić information content (AvgIpc) is 2.32. The monoisotopic (exact) mass is 252 g/mol. The molecule has 0 amide bonds. The zero-order valence-electron chi connectivity index (χ0n) is 9.62. The molecule has 0 unspecified atom stereocenters. The van der Waals surface area contributed by atoms with Crippen LogP contribution in [-0.4, -0.2) is 4.98 Å². The Morgan fingerprint density at radius 3 is 2.22 bits per heavy atom. The maximum absolute atomic E-state index is 12.4. The number of nitrogens with two attached hydrogens (primary N) is 1. The van der Waals surface area contributed by atoms with E-state index in [1.807, 2.05) is 6.92 Å². The van der Waals surface area contributed by atoms with Gasteiger partial charge in [-0.25, -0.2) is 0 Å². The van der Waals surface area contributed by atoms with Gasteiger partial charge in [-0.1, -0.05) is 12.1 Å². The number of benzene rings is 1. The first-order valence-corrected chi connectivity index (χ1v) is 5.27. The molecule has 0 aliphatic heterocycles. The van der Waals surface area contributed by atoms with Gasteiger partial charge in [0, 0.05) is 17.4 Å². The number of nitrogens with zero attached hydrogens (tertiary/aromatic N) is 1. The number of pyridine rings is 1. The summed E-state index contributed by atoms with van der Waals surface area (Å²) in [5, 5.41) is 0. The molecule has 94 valence electrons. The fourth-order valence-corrected chi connectivity index (χ4v) is 1.53. The maximum Gasteiger partial charge on any atom is 0.416 e. The topological polar surface area (TPSA) is 38.9 Å². The maximum atomic E-state index is 12.4. The number of alkyl halides is 3. The van der Waals surface area contributed by atoms with Crippen molar-refractivity contribution in [1.82, 2.24) is 4.98 Å². The lowest BCUT2D eigenvalue weighted by atomic mass is 10.1. The highest BCUT2D eigenvalue weighted by atomic mass is 19.4. The summed E-state index contributed by atoms with van der Waals surface area (Å²) in [6.45, 7) is 1.82. The Bertz CT molecular complexity index is 559. The zero-order chi connectivity index (χ0) is 13.3. The van der Waals surface area contributed by atoms with Crippen molar-refractivity contribution in [2.45, 2.75) is 13.1 Å². The van der Waals surface area contributed by atoms with E-state index in [4.69, 9.17) is 5.73 Å². The number of nitrogen functional groups attached to an aromatic ring is 1. The van der Waals surface area contributed by atoms with Gasteiger partial charge in [0.05, 0.1) is 11.3 Å². The fraction of sp³-hybridized carbons (Fsp3) is 0.154. The van der Waals surface area contributed by atoms with Gasteiger partial charge < -0.3 is 5.73 Å². The number of aromatic nitrogens is 1. The van der Waals surface area contributed by atoms with Crippen molar-refractivity contribution in [3.8, 4) is 11.3 Å².